The molecule has 4 aromatic carbocycles. The molecule has 0 aliphatic heterocycles. The number of amides is 1. The number of halogens is 1. The van der Waals surface area contributed by atoms with Crippen molar-refractivity contribution in [1.29, 1.82) is 0 Å². The number of hydrogen-bond donors (Lipinski definition) is 2. The van der Waals surface area contributed by atoms with Gasteiger partial charge in [0.2, 0.25) is 11.6 Å². The standard InChI is InChI=1S/C39H36FN5O3/c1-45(2)21-11-20-34(46)43-32-19-10-17-30(23-32)37-35(29-15-7-4-8-16-29)36-38(41-26-42-39(36)48-37)44-33(28-13-5-3-6-14-28)25-47-24-27-12-9-18-31(40)22-27/h3-20,22-23,26,33H,21,24-25H2,1-2H3,(H,43,46)(H,41,42,44)/b20-11+/t33-/m1/s1. The van der Waals surface area contributed by atoms with Crippen molar-refractivity contribution in [2.24, 2.45) is 0 Å². The van der Waals surface area contributed by atoms with Crippen molar-refractivity contribution in [1.82, 2.24) is 14.9 Å². The molecule has 9 heteroatoms. The molecule has 1 amide bonds. The Labute approximate surface area is 278 Å². The summed E-state index contributed by atoms with van der Waals surface area (Å²) >= 11 is 0. The van der Waals surface area contributed by atoms with Gasteiger partial charge in [-0.25, -0.2) is 14.4 Å². The number of likely N-dealkylation sites (N-methyl/N-ethyl adjacent to an activating group) is 1. The van der Waals surface area contributed by atoms with Gasteiger partial charge in [-0.2, -0.15) is 0 Å². The van der Waals surface area contributed by atoms with Crippen molar-refractivity contribution < 1.29 is 18.3 Å². The van der Waals surface area contributed by atoms with Gasteiger partial charge >= 0.3 is 0 Å². The van der Waals surface area contributed by atoms with E-state index in [1.54, 1.807) is 6.07 Å². The molecule has 0 saturated carbocycles. The molecule has 0 spiro atoms. The SMILES string of the molecule is CN(C)C/C=C/C(=O)Nc1cccc(-c2oc3ncnc(N[C@H](COCc4cccc(F)c4)c4ccccc4)c3c2-c2ccccc2)c1. The highest BCUT2D eigenvalue weighted by molar-refractivity contribution is 6.06. The lowest BCUT2D eigenvalue weighted by atomic mass is 9.98. The number of anilines is 2. The number of fused-ring (bicyclic) bond motifs is 1. The third-order valence-electron chi connectivity index (χ3n) is 7.64. The fourth-order valence-electron chi connectivity index (χ4n) is 5.41. The minimum atomic E-state index is -0.300. The van der Waals surface area contributed by atoms with Crippen LogP contribution in [-0.4, -0.2) is 48.0 Å². The monoisotopic (exact) mass is 641 g/mol. The summed E-state index contributed by atoms with van der Waals surface area (Å²) in [6, 6.07) is 33.5. The predicted molar refractivity (Wildman–Crippen MR) is 188 cm³/mol. The summed E-state index contributed by atoms with van der Waals surface area (Å²) in [6.45, 7) is 1.21. The van der Waals surface area contributed by atoms with Crippen molar-refractivity contribution in [3.05, 3.63) is 145 Å². The molecule has 0 aliphatic rings. The van der Waals surface area contributed by atoms with Crippen molar-refractivity contribution in [3.63, 3.8) is 0 Å². The number of hydrogen-bond acceptors (Lipinski definition) is 7. The molecule has 0 bridgehead atoms. The second-order valence-electron chi connectivity index (χ2n) is 11.6. The van der Waals surface area contributed by atoms with Crippen LogP contribution in [0, 0.1) is 5.82 Å². The van der Waals surface area contributed by atoms with Crippen LogP contribution in [0.15, 0.2) is 132 Å². The van der Waals surface area contributed by atoms with Gasteiger partial charge in [0, 0.05) is 29.4 Å². The second-order valence-corrected chi connectivity index (χ2v) is 11.6. The summed E-state index contributed by atoms with van der Waals surface area (Å²) in [5, 5.41) is 7.26. The first kappa shape index (κ1) is 32.3. The Morgan fingerprint density at radius 3 is 2.44 bits per heavy atom. The van der Waals surface area contributed by atoms with Gasteiger partial charge in [-0.15, -0.1) is 0 Å². The third kappa shape index (κ3) is 8.01. The number of rotatable bonds is 13. The highest BCUT2D eigenvalue weighted by Crippen LogP contribution is 2.43. The molecule has 0 saturated heterocycles. The summed E-state index contributed by atoms with van der Waals surface area (Å²) < 4.78 is 26.4. The van der Waals surface area contributed by atoms with Gasteiger partial charge in [0.15, 0.2) is 0 Å². The number of benzene rings is 4. The normalized spacial score (nSPS) is 12.1. The van der Waals surface area contributed by atoms with E-state index in [4.69, 9.17) is 9.15 Å². The lowest BCUT2D eigenvalue weighted by molar-refractivity contribution is -0.111. The first-order valence-electron chi connectivity index (χ1n) is 15.6. The van der Waals surface area contributed by atoms with Crippen LogP contribution in [0.3, 0.4) is 0 Å². The van der Waals surface area contributed by atoms with Crippen LogP contribution in [-0.2, 0) is 16.1 Å². The zero-order valence-corrected chi connectivity index (χ0v) is 26.8. The average Bonchev–Trinajstić information content (AvgIpc) is 3.49. The maximum Gasteiger partial charge on any atom is 0.248 e. The Balaban J connectivity index is 1.36. The molecule has 0 unspecified atom stereocenters. The molecule has 6 aromatic rings. The maximum absolute atomic E-state index is 13.8. The number of carbonyl (C=O) groups excluding carboxylic acids is 1. The molecule has 2 heterocycles. The number of aromatic nitrogens is 2. The zero-order valence-electron chi connectivity index (χ0n) is 26.8. The van der Waals surface area contributed by atoms with Crippen LogP contribution in [0.5, 0.6) is 0 Å². The van der Waals surface area contributed by atoms with E-state index in [-0.39, 0.29) is 24.4 Å². The molecule has 1 atom stereocenters. The highest BCUT2D eigenvalue weighted by Gasteiger charge is 2.24. The number of carbonyl (C=O) groups is 1. The van der Waals surface area contributed by atoms with Crippen molar-refractivity contribution in [3.8, 4) is 22.5 Å². The predicted octanol–water partition coefficient (Wildman–Crippen LogP) is 8.12. The summed E-state index contributed by atoms with van der Waals surface area (Å²) in [6.07, 6.45) is 4.81. The van der Waals surface area contributed by atoms with Crippen LogP contribution in [0.4, 0.5) is 15.9 Å². The summed E-state index contributed by atoms with van der Waals surface area (Å²) in [5.41, 5.74) is 5.30. The summed E-state index contributed by atoms with van der Waals surface area (Å²) in [5.74, 6) is 0.655. The van der Waals surface area contributed by atoms with E-state index in [9.17, 15) is 9.18 Å². The molecule has 0 aliphatic carbocycles. The highest BCUT2D eigenvalue weighted by atomic mass is 19.1. The van der Waals surface area contributed by atoms with Gasteiger partial charge in [0.05, 0.1) is 24.6 Å². The Morgan fingerprint density at radius 2 is 1.67 bits per heavy atom. The van der Waals surface area contributed by atoms with Crippen LogP contribution < -0.4 is 10.6 Å². The molecule has 2 aromatic heterocycles. The number of ether oxygens (including phenoxy) is 1. The first-order valence-corrected chi connectivity index (χ1v) is 15.6. The van der Waals surface area contributed by atoms with Crippen molar-refractivity contribution in [2.75, 3.05) is 37.9 Å². The van der Waals surface area contributed by atoms with Gasteiger partial charge in [-0.1, -0.05) is 91.0 Å². The van der Waals surface area contributed by atoms with E-state index in [0.29, 0.717) is 41.5 Å². The average molecular weight is 642 g/mol. The van der Waals surface area contributed by atoms with Crippen molar-refractivity contribution in [2.45, 2.75) is 12.6 Å². The lowest BCUT2D eigenvalue weighted by Crippen LogP contribution is -2.18. The lowest BCUT2D eigenvalue weighted by Gasteiger charge is -2.20. The molecule has 2 N–H and O–H groups in total. The van der Waals surface area contributed by atoms with Crippen LogP contribution in [0.1, 0.15) is 17.2 Å². The number of nitrogens with zero attached hydrogens (tertiary/aromatic N) is 3. The fraction of sp³-hybridized carbons (Fsp3) is 0.154. The molecule has 0 radical (unpaired) electrons. The van der Waals surface area contributed by atoms with E-state index < -0.39 is 0 Å². The largest absolute Gasteiger partial charge is 0.437 e. The summed E-state index contributed by atoms with van der Waals surface area (Å²) in [7, 11) is 3.89. The van der Waals surface area contributed by atoms with Gasteiger partial charge in [-0.05, 0) is 55.1 Å². The number of nitrogens with one attached hydrogen (secondary N) is 2. The van der Waals surface area contributed by atoms with Crippen LogP contribution in [0.25, 0.3) is 33.6 Å². The quantitative estimate of drug-likeness (QED) is 0.123. The van der Waals surface area contributed by atoms with Gasteiger partial charge < -0.3 is 24.7 Å². The molecular weight excluding hydrogens is 605 g/mol. The van der Waals surface area contributed by atoms with Gasteiger partial charge in [0.1, 0.15) is 23.7 Å². The molecule has 48 heavy (non-hydrogen) atoms. The minimum Gasteiger partial charge on any atom is -0.437 e. The van der Waals surface area contributed by atoms with E-state index in [1.807, 2.05) is 116 Å². The number of furan rings is 1. The molecule has 242 valence electrons. The molecule has 0 fully saturated rings. The van der Waals surface area contributed by atoms with Gasteiger partial charge in [0.25, 0.3) is 0 Å². The van der Waals surface area contributed by atoms with Crippen molar-refractivity contribution >= 4 is 28.5 Å². The van der Waals surface area contributed by atoms with E-state index >= 15 is 0 Å². The Hall–Kier alpha value is -5.64. The topological polar surface area (TPSA) is 92.5 Å². The molecule has 8 nitrogen and oxygen atoms in total. The van der Waals surface area contributed by atoms with E-state index in [1.165, 1.54) is 24.5 Å². The Bertz CT molecular complexity index is 2010. The second kappa shape index (κ2) is 15.3. The Kier molecular flexibility index (Phi) is 10.3. The first-order chi connectivity index (χ1) is 23.4. The van der Waals surface area contributed by atoms with E-state index in [2.05, 4.69) is 20.6 Å². The maximum atomic E-state index is 13.8. The van der Waals surface area contributed by atoms with Gasteiger partial charge in [-0.3, -0.25) is 4.79 Å². The third-order valence-corrected chi connectivity index (χ3v) is 7.64. The van der Waals surface area contributed by atoms with E-state index in [0.717, 1.165) is 27.8 Å². The molecular formula is C39H36FN5O3. The fourth-order valence-corrected chi connectivity index (χ4v) is 5.41. The minimum absolute atomic E-state index is 0.217. The Morgan fingerprint density at radius 1 is 0.917 bits per heavy atom. The van der Waals surface area contributed by atoms with Crippen LogP contribution in [0.2, 0.25) is 0 Å². The van der Waals surface area contributed by atoms with Crippen LogP contribution >= 0.6 is 0 Å². The molecule has 6 rings (SSSR count). The summed E-state index contributed by atoms with van der Waals surface area (Å²) in [4.78, 5) is 23.8. The zero-order chi connectivity index (χ0) is 33.3. The smallest absolute Gasteiger partial charge is 0.248 e.